The molecule has 0 radical (unpaired) electrons. The van der Waals surface area contributed by atoms with Crippen LogP contribution in [0.25, 0.3) is 0 Å². The van der Waals surface area contributed by atoms with Gasteiger partial charge in [0.2, 0.25) is 5.82 Å². The Morgan fingerprint density at radius 3 is 2.55 bits per heavy atom. The molecule has 1 aromatic heterocycles. The Morgan fingerprint density at radius 1 is 1.25 bits per heavy atom. The number of halogens is 1. The minimum atomic E-state index is -0.438. The van der Waals surface area contributed by atoms with E-state index in [1.165, 1.54) is 12.1 Å². The molecule has 1 aromatic carbocycles. The van der Waals surface area contributed by atoms with Crippen molar-refractivity contribution in [1.82, 2.24) is 4.98 Å². The van der Waals surface area contributed by atoms with Crippen molar-refractivity contribution in [3.63, 3.8) is 0 Å². The Morgan fingerprint density at radius 2 is 1.95 bits per heavy atom. The summed E-state index contributed by atoms with van der Waals surface area (Å²) in [5.74, 6) is 0.300. The molecule has 0 unspecified atom stereocenters. The number of benzene rings is 1. The van der Waals surface area contributed by atoms with E-state index in [0.29, 0.717) is 18.9 Å². The Kier molecular flexibility index (Phi) is 4.53. The molecule has 1 heterocycles. The molecule has 0 bridgehead atoms. The SMILES string of the molecule is CCN(Cc1ccccc1)c1nc(Cl)ccc1[N+](=O)[O-]. The van der Waals surface area contributed by atoms with Crippen LogP contribution in [-0.2, 0) is 6.54 Å². The number of anilines is 1. The number of nitro groups is 1. The van der Waals surface area contributed by atoms with E-state index in [2.05, 4.69) is 4.98 Å². The van der Waals surface area contributed by atoms with Crippen LogP contribution < -0.4 is 4.90 Å². The van der Waals surface area contributed by atoms with Crippen molar-refractivity contribution >= 4 is 23.1 Å². The quantitative estimate of drug-likeness (QED) is 0.479. The summed E-state index contributed by atoms with van der Waals surface area (Å²) < 4.78 is 0. The van der Waals surface area contributed by atoms with Crippen LogP contribution in [0.1, 0.15) is 12.5 Å². The lowest BCUT2D eigenvalue weighted by Gasteiger charge is -2.21. The van der Waals surface area contributed by atoms with Gasteiger partial charge in [-0.2, -0.15) is 0 Å². The second-order valence-corrected chi connectivity index (χ2v) is 4.62. The molecule has 104 valence electrons. The summed E-state index contributed by atoms with van der Waals surface area (Å²) in [5, 5.41) is 11.3. The van der Waals surface area contributed by atoms with Crippen LogP contribution in [0.4, 0.5) is 11.5 Å². The summed E-state index contributed by atoms with van der Waals surface area (Å²) in [4.78, 5) is 16.6. The van der Waals surface area contributed by atoms with Crippen molar-refractivity contribution in [2.75, 3.05) is 11.4 Å². The molecule has 0 saturated heterocycles. The van der Waals surface area contributed by atoms with Gasteiger partial charge in [-0.15, -0.1) is 0 Å². The van der Waals surface area contributed by atoms with Gasteiger partial charge in [0.25, 0.3) is 0 Å². The predicted octanol–water partition coefficient (Wildman–Crippen LogP) is 3.67. The molecule has 20 heavy (non-hydrogen) atoms. The molecule has 0 aliphatic heterocycles. The summed E-state index contributed by atoms with van der Waals surface area (Å²) in [7, 11) is 0. The largest absolute Gasteiger partial charge is 0.347 e. The number of hydrogen-bond donors (Lipinski definition) is 0. The van der Waals surface area contributed by atoms with E-state index >= 15 is 0 Å². The molecule has 6 heteroatoms. The fourth-order valence-electron chi connectivity index (χ4n) is 1.93. The number of pyridine rings is 1. The Bertz CT molecular complexity index is 605. The summed E-state index contributed by atoms with van der Waals surface area (Å²) in [6, 6.07) is 12.6. The van der Waals surface area contributed by atoms with E-state index < -0.39 is 4.92 Å². The smallest absolute Gasteiger partial charge is 0.311 e. The highest BCUT2D eigenvalue weighted by atomic mass is 35.5. The molecule has 0 aliphatic rings. The molecule has 0 aliphatic carbocycles. The van der Waals surface area contributed by atoms with Gasteiger partial charge < -0.3 is 4.90 Å². The third-order valence-electron chi connectivity index (χ3n) is 2.91. The number of rotatable bonds is 5. The molecule has 0 amide bonds. The molecule has 0 atom stereocenters. The first kappa shape index (κ1) is 14.3. The lowest BCUT2D eigenvalue weighted by Crippen LogP contribution is -2.24. The van der Waals surface area contributed by atoms with Crippen LogP contribution in [0, 0.1) is 10.1 Å². The molecule has 0 saturated carbocycles. The average Bonchev–Trinajstić information content (AvgIpc) is 2.45. The number of hydrogen-bond acceptors (Lipinski definition) is 4. The van der Waals surface area contributed by atoms with Gasteiger partial charge in [-0.05, 0) is 18.6 Å². The van der Waals surface area contributed by atoms with Crippen molar-refractivity contribution in [1.29, 1.82) is 0 Å². The van der Waals surface area contributed by atoms with Crippen LogP contribution >= 0.6 is 11.6 Å². The Labute approximate surface area is 122 Å². The van der Waals surface area contributed by atoms with E-state index in [1.807, 2.05) is 42.2 Å². The van der Waals surface area contributed by atoms with Gasteiger partial charge in [-0.1, -0.05) is 41.9 Å². The lowest BCUT2D eigenvalue weighted by atomic mass is 10.2. The van der Waals surface area contributed by atoms with Gasteiger partial charge in [0.15, 0.2) is 0 Å². The minimum absolute atomic E-state index is 0.0350. The minimum Gasteiger partial charge on any atom is -0.347 e. The first-order valence-electron chi connectivity index (χ1n) is 6.21. The van der Waals surface area contributed by atoms with Crippen molar-refractivity contribution in [2.45, 2.75) is 13.5 Å². The van der Waals surface area contributed by atoms with Crippen LogP contribution in [-0.4, -0.2) is 16.5 Å². The van der Waals surface area contributed by atoms with Crippen LogP contribution in [0.2, 0.25) is 5.15 Å². The van der Waals surface area contributed by atoms with E-state index in [0.717, 1.165) is 5.56 Å². The standard InChI is InChI=1S/C14H14ClN3O2/c1-2-17(10-11-6-4-3-5-7-11)14-12(18(19)20)8-9-13(15)16-14/h3-9H,2,10H2,1H3. The topological polar surface area (TPSA) is 59.3 Å². The maximum absolute atomic E-state index is 11.1. The maximum Gasteiger partial charge on any atom is 0.311 e. The molecule has 0 N–H and O–H groups in total. The summed E-state index contributed by atoms with van der Waals surface area (Å²) in [6.07, 6.45) is 0. The van der Waals surface area contributed by atoms with E-state index in [9.17, 15) is 10.1 Å². The monoisotopic (exact) mass is 291 g/mol. The zero-order valence-corrected chi connectivity index (χ0v) is 11.7. The van der Waals surface area contributed by atoms with Gasteiger partial charge in [0, 0.05) is 19.2 Å². The van der Waals surface area contributed by atoms with Crippen molar-refractivity contribution in [2.24, 2.45) is 0 Å². The Balaban J connectivity index is 2.36. The third-order valence-corrected chi connectivity index (χ3v) is 3.13. The lowest BCUT2D eigenvalue weighted by molar-refractivity contribution is -0.384. The number of aromatic nitrogens is 1. The summed E-state index contributed by atoms with van der Waals surface area (Å²) in [6.45, 7) is 3.07. The highest BCUT2D eigenvalue weighted by molar-refractivity contribution is 6.29. The molecule has 0 fully saturated rings. The molecular weight excluding hydrogens is 278 g/mol. The molecule has 0 spiro atoms. The van der Waals surface area contributed by atoms with Gasteiger partial charge in [-0.25, -0.2) is 4.98 Å². The highest BCUT2D eigenvalue weighted by Crippen LogP contribution is 2.28. The maximum atomic E-state index is 11.1. The summed E-state index contributed by atoms with van der Waals surface area (Å²) >= 11 is 5.87. The first-order valence-corrected chi connectivity index (χ1v) is 6.59. The highest BCUT2D eigenvalue weighted by Gasteiger charge is 2.20. The van der Waals surface area contributed by atoms with Crippen LogP contribution in [0.5, 0.6) is 0 Å². The van der Waals surface area contributed by atoms with E-state index in [4.69, 9.17) is 11.6 Å². The first-order chi connectivity index (χ1) is 9.61. The predicted molar refractivity (Wildman–Crippen MR) is 79.1 cm³/mol. The molecule has 5 nitrogen and oxygen atoms in total. The third kappa shape index (κ3) is 3.24. The normalized spacial score (nSPS) is 10.3. The second-order valence-electron chi connectivity index (χ2n) is 4.23. The number of nitrogens with zero attached hydrogens (tertiary/aromatic N) is 3. The van der Waals surface area contributed by atoms with Crippen molar-refractivity contribution < 1.29 is 4.92 Å². The zero-order valence-electron chi connectivity index (χ0n) is 11.0. The van der Waals surface area contributed by atoms with E-state index in [1.54, 1.807) is 0 Å². The van der Waals surface area contributed by atoms with Crippen LogP contribution in [0.3, 0.4) is 0 Å². The summed E-state index contributed by atoms with van der Waals surface area (Å²) in [5.41, 5.74) is 1.03. The van der Waals surface area contributed by atoms with Gasteiger partial charge in [-0.3, -0.25) is 10.1 Å². The fourth-order valence-corrected chi connectivity index (χ4v) is 2.08. The molecule has 2 aromatic rings. The fraction of sp³-hybridized carbons (Fsp3) is 0.214. The van der Waals surface area contributed by atoms with Crippen LogP contribution in [0.15, 0.2) is 42.5 Å². The molecule has 2 rings (SSSR count). The van der Waals surface area contributed by atoms with Gasteiger partial charge >= 0.3 is 5.69 Å². The zero-order chi connectivity index (χ0) is 14.5. The van der Waals surface area contributed by atoms with Gasteiger partial charge in [0.05, 0.1) is 4.92 Å². The van der Waals surface area contributed by atoms with Crippen molar-refractivity contribution in [3.8, 4) is 0 Å². The van der Waals surface area contributed by atoms with Gasteiger partial charge in [0.1, 0.15) is 5.15 Å². The van der Waals surface area contributed by atoms with E-state index in [-0.39, 0.29) is 10.8 Å². The average molecular weight is 292 g/mol. The second kappa shape index (κ2) is 6.34. The van der Waals surface area contributed by atoms with Crippen molar-refractivity contribution in [3.05, 3.63) is 63.3 Å². The Hall–Kier alpha value is -2.14. The molecular formula is C14H14ClN3O2.